The van der Waals surface area contributed by atoms with Gasteiger partial charge >= 0.3 is 0 Å². The predicted octanol–water partition coefficient (Wildman–Crippen LogP) is 2.16. The number of carbonyl (C=O) groups excluding carboxylic acids is 1. The maximum Gasteiger partial charge on any atom is 0.251 e. The van der Waals surface area contributed by atoms with Gasteiger partial charge in [0.25, 0.3) is 5.91 Å². The number of ether oxygens (including phenoxy) is 1. The molecular weight excluding hydrogens is 288 g/mol. The number of rotatable bonds is 3. The summed E-state index contributed by atoms with van der Waals surface area (Å²) < 4.78 is 5.91. The number of aryl methyl sites for hydroxylation is 2. The Bertz CT molecular complexity index is 587. The average molecular weight is 314 g/mol. The van der Waals surface area contributed by atoms with Crippen LogP contribution >= 0.6 is 0 Å². The van der Waals surface area contributed by atoms with Crippen LogP contribution in [-0.4, -0.2) is 49.2 Å². The highest BCUT2D eigenvalue weighted by Crippen LogP contribution is 2.23. The van der Waals surface area contributed by atoms with E-state index in [4.69, 9.17) is 4.74 Å². The van der Waals surface area contributed by atoms with E-state index in [0.717, 1.165) is 31.6 Å². The van der Waals surface area contributed by atoms with Gasteiger partial charge in [-0.1, -0.05) is 6.07 Å². The summed E-state index contributed by atoms with van der Waals surface area (Å²) in [6, 6.07) is 6.80. The molecule has 2 fully saturated rings. The Kier molecular flexibility index (Phi) is 4.36. The normalized spacial score (nSPS) is 27.3. The number of benzene rings is 1. The summed E-state index contributed by atoms with van der Waals surface area (Å²) in [5.74, 6) is 0.0329. The molecule has 4 rings (SSSR count). The van der Waals surface area contributed by atoms with E-state index in [1.165, 1.54) is 43.4 Å². The van der Waals surface area contributed by atoms with Crippen molar-refractivity contribution in [2.24, 2.45) is 0 Å². The van der Waals surface area contributed by atoms with Crippen molar-refractivity contribution in [1.82, 2.24) is 10.2 Å². The number of nitrogens with one attached hydrogen (secondary N) is 1. The molecule has 0 bridgehead atoms. The fraction of sp³-hybridized carbons (Fsp3) is 0.632. The highest BCUT2D eigenvalue weighted by Gasteiger charge is 2.32. The van der Waals surface area contributed by atoms with E-state index >= 15 is 0 Å². The van der Waals surface area contributed by atoms with Crippen LogP contribution in [0, 0.1) is 0 Å². The molecular formula is C19H26N2O2. The Labute approximate surface area is 138 Å². The van der Waals surface area contributed by atoms with E-state index in [1.807, 2.05) is 6.07 Å². The first-order valence-corrected chi connectivity index (χ1v) is 9.05. The van der Waals surface area contributed by atoms with Crippen molar-refractivity contribution in [3.63, 3.8) is 0 Å². The van der Waals surface area contributed by atoms with Crippen LogP contribution in [0.15, 0.2) is 18.2 Å². The first kappa shape index (κ1) is 15.2. The molecule has 1 N–H and O–H groups in total. The molecule has 23 heavy (non-hydrogen) atoms. The molecule has 3 aliphatic rings. The zero-order valence-corrected chi connectivity index (χ0v) is 13.7. The molecule has 1 aromatic rings. The molecule has 1 amide bonds. The van der Waals surface area contributed by atoms with Gasteiger partial charge in [-0.15, -0.1) is 0 Å². The van der Waals surface area contributed by atoms with E-state index in [2.05, 4.69) is 22.3 Å². The maximum absolute atomic E-state index is 12.4. The minimum atomic E-state index is 0.0329. The lowest BCUT2D eigenvalue weighted by molar-refractivity contribution is -0.0461. The molecule has 0 unspecified atom stereocenters. The van der Waals surface area contributed by atoms with Gasteiger partial charge in [0.1, 0.15) is 0 Å². The van der Waals surface area contributed by atoms with Gasteiger partial charge in [-0.25, -0.2) is 0 Å². The number of hydrogen-bond donors (Lipinski definition) is 1. The number of nitrogens with zero attached hydrogens (tertiary/aromatic N) is 1. The van der Waals surface area contributed by atoms with Gasteiger partial charge in [-0.3, -0.25) is 9.69 Å². The van der Waals surface area contributed by atoms with Crippen molar-refractivity contribution >= 4 is 5.91 Å². The van der Waals surface area contributed by atoms with Crippen LogP contribution in [0.2, 0.25) is 0 Å². The summed E-state index contributed by atoms with van der Waals surface area (Å²) in [5.41, 5.74) is 3.57. The molecule has 124 valence electrons. The Morgan fingerprint density at radius 2 is 2.09 bits per heavy atom. The molecule has 1 aromatic carbocycles. The summed E-state index contributed by atoms with van der Waals surface area (Å²) in [6.07, 6.45) is 7.45. The van der Waals surface area contributed by atoms with Crippen LogP contribution in [0.1, 0.15) is 47.2 Å². The van der Waals surface area contributed by atoms with E-state index in [9.17, 15) is 4.79 Å². The lowest BCUT2D eigenvalue weighted by atomic mass is 9.90. The number of carbonyl (C=O) groups is 1. The van der Waals surface area contributed by atoms with Crippen LogP contribution in [0.4, 0.5) is 0 Å². The van der Waals surface area contributed by atoms with Crippen molar-refractivity contribution in [3.8, 4) is 0 Å². The van der Waals surface area contributed by atoms with Gasteiger partial charge in [-0.05, 0) is 68.3 Å². The van der Waals surface area contributed by atoms with Crippen molar-refractivity contribution in [2.45, 2.75) is 50.7 Å². The smallest absolute Gasteiger partial charge is 0.251 e. The zero-order chi connectivity index (χ0) is 15.6. The summed E-state index contributed by atoms with van der Waals surface area (Å²) in [4.78, 5) is 14.9. The molecule has 2 saturated heterocycles. The number of hydrogen-bond acceptors (Lipinski definition) is 3. The minimum Gasteiger partial charge on any atom is -0.373 e. The minimum absolute atomic E-state index is 0.0329. The highest BCUT2D eigenvalue weighted by molar-refractivity contribution is 5.94. The van der Waals surface area contributed by atoms with Gasteiger partial charge in [0, 0.05) is 24.7 Å². The molecule has 2 heterocycles. The summed E-state index contributed by atoms with van der Waals surface area (Å²) in [7, 11) is 0. The van der Waals surface area contributed by atoms with Gasteiger partial charge < -0.3 is 10.1 Å². The molecule has 0 aromatic heterocycles. The van der Waals surface area contributed by atoms with Crippen LogP contribution in [0.5, 0.6) is 0 Å². The fourth-order valence-corrected chi connectivity index (χ4v) is 4.19. The molecule has 1 aliphatic carbocycles. The Hall–Kier alpha value is -1.39. The topological polar surface area (TPSA) is 41.6 Å². The zero-order valence-electron chi connectivity index (χ0n) is 13.7. The SMILES string of the molecule is O=C(NC[C@H]1CN2CCC[C@H]2CO1)c1ccc2c(c1)CCCC2. The second-order valence-corrected chi connectivity index (χ2v) is 7.15. The molecule has 4 heteroatoms. The second kappa shape index (κ2) is 6.62. The van der Waals surface area contributed by atoms with Crippen molar-refractivity contribution < 1.29 is 9.53 Å². The first-order chi connectivity index (χ1) is 11.3. The van der Waals surface area contributed by atoms with Crippen molar-refractivity contribution in [1.29, 1.82) is 0 Å². The predicted molar refractivity (Wildman–Crippen MR) is 89.8 cm³/mol. The molecule has 0 saturated carbocycles. The van der Waals surface area contributed by atoms with Crippen molar-refractivity contribution in [2.75, 3.05) is 26.2 Å². The van der Waals surface area contributed by atoms with E-state index < -0.39 is 0 Å². The average Bonchev–Trinajstić information content (AvgIpc) is 3.07. The van der Waals surface area contributed by atoms with Gasteiger partial charge in [0.05, 0.1) is 12.7 Å². The monoisotopic (exact) mass is 314 g/mol. The standard InChI is InChI=1S/C19H26N2O2/c22-19(16-8-7-14-4-1-2-5-15(14)10-16)20-11-18-12-21-9-3-6-17(21)13-23-18/h7-8,10,17-18H,1-6,9,11-13H2,(H,20,22)/t17-,18-/m0/s1. The quantitative estimate of drug-likeness (QED) is 0.929. The Morgan fingerprint density at radius 3 is 3.00 bits per heavy atom. The fourth-order valence-electron chi connectivity index (χ4n) is 4.19. The van der Waals surface area contributed by atoms with Gasteiger partial charge in [0.15, 0.2) is 0 Å². The van der Waals surface area contributed by atoms with Crippen LogP contribution in [0.25, 0.3) is 0 Å². The third kappa shape index (κ3) is 3.29. The summed E-state index contributed by atoms with van der Waals surface area (Å²) in [5, 5.41) is 3.06. The Balaban J connectivity index is 1.33. The molecule has 4 nitrogen and oxygen atoms in total. The van der Waals surface area contributed by atoms with Crippen molar-refractivity contribution in [3.05, 3.63) is 34.9 Å². The number of fused-ring (bicyclic) bond motifs is 2. The van der Waals surface area contributed by atoms with Crippen LogP contribution in [0.3, 0.4) is 0 Å². The lowest BCUT2D eigenvalue weighted by Crippen LogP contribution is -2.50. The van der Waals surface area contributed by atoms with E-state index in [-0.39, 0.29) is 12.0 Å². The lowest BCUT2D eigenvalue weighted by Gasteiger charge is -2.35. The highest BCUT2D eigenvalue weighted by atomic mass is 16.5. The summed E-state index contributed by atoms with van der Waals surface area (Å²) >= 11 is 0. The Morgan fingerprint density at radius 1 is 1.22 bits per heavy atom. The molecule has 0 radical (unpaired) electrons. The third-order valence-corrected chi connectivity index (χ3v) is 5.56. The van der Waals surface area contributed by atoms with Crippen LogP contribution in [-0.2, 0) is 17.6 Å². The number of morpholine rings is 1. The largest absolute Gasteiger partial charge is 0.373 e. The van der Waals surface area contributed by atoms with Gasteiger partial charge in [-0.2, -0.15) is 0 Å². The van der Waals surface area contributed by atoms with E-state index in [1.54, 1.807) is 0 Å². The molecule has 2 aliphatic heterocycles. The molecule has 0 spiro atoms. The van der Waals surface area contributed by atoms with E-state index in [0.29, 0.717) is 12.6 Å². The number of amides is 1. The third-order valence-electron chi connectivity index (χ3n) is 5.56. The first-order valence-electron chi connectivity index (χ1n) is 9.05. The van der Waals surface area contributed by atoms with Gasteiger partial charge in [0.2, 0.25) is 0 Å². The maximum atomic E-state index is 12.4. The summed E-state index contributed by atoms with van der Waals surface area (Å²) in [6.45, 7) is 3.57. The second-order valence-electron chi connectivity index (χ2n) is 7.15. The molecule has 2 atom stereocenters. The van der Waals surface area contributed by atoms with Crippen LogP contribution < -0.4 is 5.32 Å².